The predicted octanol–water partition coefficient (Wildman–Crippen LogP) is 7.69. The van der Waals surface area contributed by atoms with Crippen molar-refractivity contribution < 1.29 is 34.0 Å². The molecule has 0 radical (unpaired) electrons. The van der Waals surface area contributed by atoms with Gasteiger partial charge in [-0.15, -0.1) is 0 Å². The number of aliphatic carboxylic acids is 1. The Morgan fingerprint density at radius 1 is 1.07 bits per heavy atom. The Balaban J connectivity index is 1.75. The van der Waals surface area contributed by atoms with E-state index in [1.54, 1.807) is 48.3 Å². The van der Waals surface area contributed by atoms with Crippen LogP contribution in [0.2, 0.25) is 10.0 Å². The van der Waals surface area contributed by atoms with Crippen LogP contribution in [-0.2, 0) is 24.2 Å². The van der Waals surface area contributed by atoms with Crippen molar-refractivity contribution in [2.24, 2.45) is 0 Å². The van der Waals surface area contributed by atoms with Crippen LogP contribution in [-0.4, -0.2) is 52.8 Å². The third-order valence-electron chi connectivity index (χ3n) is 7.73. The molecule has 4 aromatic rings. The highest BCUT2D eigenvalue weighted by atomic mass is 35.5. The number of carboxylic acid groups (broad SMARTS) is 2. The maximum Gasteiger partial charge on any atom is 0.336 e. The van der Waals surface area contributed by atoms with Gasteiger partial charge in [-0.05, 0) is 42.8 Å². The van der Waals surface area contributed by atoms with Gasteiger partial charge < -0.3 is 24.4 Å². The first kappa shape index (κ1) is 31.9. The van der Waals surface area contributed by atoms with E-state index in [0.717, 1.165) is 30.6 Å². The summed E-state index contributed by atoms with van der Waals surface area (Å²) < 4.78 is 18.8. The monoisotopic (exact) mass is 650 g/mol. The Morgan fingerprint density at radius 3 is 2.56 bits per heavy atom. The molecule has 0 saturated carbocycles. The van der Waals surface area contributed by atoms with Crippen LogP contribution in [0.3, 0.4) is 0 Å². The number of hydrogen-bond acceptors (Lipinski definition) is 6. The van der Waals surface area contributed by atoms with E-state index in [0.29, 0.717) is 46.8 Å². The lowest BCUT2D eigenvalue weighted by Gasteiger charge is -2.20. The zero-order valence-electron chi connectivity index (χ0n) is 25.0. The average Bonchev–Trinajstić information content (AvgIpc) is 3.65. The van der Waals surface area contributed by atoms with E-state index in [1.165, 1.54) is 13.2 Å². The highest BCUT2D eigenvalue weighted by Gasteiger charge is 2.27. The molecule has 1 aromatic heterocycles. The third kappa shape index (κ3) is 6.36. The lowest BCUT2D eigenvalue weighted by molar-refractivity contribution is -0.132. The molecule has 11 heteroatoms. The minimum absolute atomic E-state index is 0.0434. The molecule has 1 aliphatic rings. The first-order valence-electron chi connectivity index (χ1n) is 14.4. The second kappa shape index (κ2) is 13.7. The molecule has 0 unspecified atom stereocenters. The molecule has 0 spiro atoms. The van der Waals surface area contributed by atoms with E-state index in [1.807, 2.05) is 12.1 Å². The van der Waals surface area contributed by atoms with Crippen molar-refractivity contribution in [1.82, 2.24) is 9.78 Å². The van der Waals surface area contributed by atoms with Crippen LogP contribution in [0, 0.1) is 0 Å². The summed E-state index contributed by atoms with van der Waals surface area (Å²) in [6, 6.07) is 11.7. The van der Waals surface area contributed by atoms with E-state index in [2.05, 4.69) is 12.0 Å². The summed E-state index contributed by atoms with van der Waals surface area (Å²) in [6.07, 6.45) is 5.68. The number of aromatic carboxylic acids is 1. The molecule has 0 amide bonds. The summed E-state index contributed by atoms with van der Waals surface area (Å²) in [4.78, 5) is 25.1. The van der Waals surface area contributed by atoms with Crippen molar-refractivity contribution in [2.45, 2.75) is 39.2 Å². The van der Waals surface area contributed by atoms with Gasteiger partial charge >= 0.3 is 11.9 Å². The molecule has 9 nitrogen and oxygen atoms in total. The van der Waals surface area contributed by atoms with Gasteiger partial charge in [0.1, 0.15) is 17.2 Å². The van der Waals surface area contributed by atoms with Gasteiger partial charge in [-0.2, -0.15) is 5.10 Å². The fraction of sp³-hybridized carbons (Fsp3) is 0.265. The molecule has 0 aliphatic carbocycles. The smallest absolute Gasteiger partial charge is 0.336 e. The predicted molar refractivity (Wildman–Crippen MR) is 173 cm³/mol. The second-order valence-corrected chi connectivity index (χ2v) is 11.3. The first-order valence-corrected chi connectivity index (χ1v) is 15.1. The zero-order valence-corrected chi connectivity index (χ0v) is 26.5. The molecule has 0 fully saturated rings. The molecule has 0 atom stereocenters. The maximum atomic E-state index is 12.7. The summed E-state index contributed by atoms with van der Waals surface area (Å²) in [5.41, 5.74) is 3.91. The zero-order chi connectivity index (χ0) is 32.2. The Hall–Kier alpha value is -4.47. The van der Waals surface area contributed by atoms with Crippen molar-refractivity contribution >= 4 is 41.2 Å². The first-order chi connectivity index (χ1) is 21.7. The van der Waals surface area contributed by atoms with Crippen molar-refractivity contribution in [3.63, 3.8) is 0 Å². The molecule has 0 bridgehead atoms. The van der Waals surface area contributed by atoms with Gasteiger partial charge in [0.15, 0.2) is 0 Å². The summed E-state index contributed by atoms with van der Waals surface area (Å²) in [6.45, 7) is 3.14. The Morgan fingerprint density at radius 2 is 1.87 bits per heavy atom. The van der Waals surface area contributed by atoms with Gasteiger partial charge in [-0.1, -0.05) is 48.7 Å². The van der Waals surface area contributed by atoms with Crippen molar-refractivity contribution in [3.8, 4) is 39.6 Å². The van der Waals surface area contributed by atoms with E-state index < -0.39 is 11.9 Å². The van der Waals surface area contributed by atoms with E-state index >= 15 is 0 Å². The van der Waals surface area contributed by atoms with Crippen molar-refractivity contribution in [3.05, 3.63) is 86.5 Å². The number of methoxy groups -OCH3 is 2. The lowest BCUT2D eigenvalue weighted by atomic mass is 9.91. The quantitative estimate of drug-likeness (QED) is 0.150. The van der Waals surface area contributed by atoms with E-state index in [-0.39, 0.29) is 38.9 Å². The van der Waals surface area contributed by atoms with Gasteiger partial charge in [-0.3, -0.25) is 4.68 Å². The second-order valence-electron chi connectivity index (χ2n) is 10.5. The van der Waals surface area contributed by atoms with Crippen molar-refractivity contribution in [2.75, 3.05) is 20.8 Å². The van der Waals surface area contributed by atoms with Crippen LogP contribution in [0.5, 0.6) is 17.2 Å². The third-order valence-corrected chi connectivity index (χ3v) is 8.34. The number of carboxylic acids is 2. The van der Waals surface area contributed by atoms with Crippen LogP contribution < -0.4 is 14.2 Å². The molecule has 1 aliphatic heterocycles. The number of hydrogen-bond donors (Lipinski definition) is 2. The van der Waals surface area contributed by atoms with Crippen LogP contribution in [0.1, 0.15) is 46.8 Å². The molecule has 3 aromatic carbocycles. The topological polar surface area (TPSA) is 120 Å². The van der Waals surface area contributed by atoms with Gasteiger partial charge in [0.25, 0.3) is 0 Å². The van der Waals surface area contributed by atoms with E-state index in [4.69, 9.17) is 37.4 Å². The molecular formula is C34H32Cl2N2O7. The lowest BCUT2D eigenvalue weighted by Crippen LogP contribution is -2.07. The van der Waals surface area contributed by atoms with Crippen LogP contribution >= 0.6 is 23.2 Å². The average molecular weight is 652 g/mol. The number of aromatic nitrogens is 2. The largest absolute Gasteiger partial charge is 0.496 e. The van der Waals surface area contributed by atoms with Crippen LogP contribution in [0.25, 0.3) is 28.5 Å². The fourth-order valence-electron chi connectivity index (χ4n) is 5.59. The van der Waals surface area contributed by atoms with Gasteiger partial charge in [0, 0.05) is 63.4 Å². The van der Waals surface area contributed by atoms with Crippen LogP contribution in [0.4, 0.5) is 0 Å². The summed E-state index contributed by atoms with van der Waals surface area (Å²) in [5.74, 6) is -0.769. The highest BCUT2D eigenvalue weighted by molar-refractivity contribution is 6.36. The number of nitrogens with zero attached hydrogens (tertiary/aromatic N) is 2. The maximum absolute atomic E-state index is 12.7. The molecule has 0 saturated heterocycles. The summed E-state index contributed by atoms with van der Waals surface area (Å²) in [7, 11) is 2.99. The standard InChI is InChI=1S/C34H32Cl2N2O7/c1-4-5-12-38-31(23-9-10-26(36)32(44-3)30(23)29-24(34(41)42)7-6-8-25(29)35)22(18-37-38)15-21(33(39)40)14-20-17-28-19(11-13-45-28)16-27(20)43-2/h6-10,15-18H,4-5,11-14H2,1-3H3,(H,39,40)(H,41,42)/b21-15+. The Labute approximate surface area is 270 Å². The van der Waals surface area contributed by atoms with Crippen molar-refractivity contribution in [1.29, 1.82) is 0 Å². The number of unbranched alkanes of at least 4 members (excludes halogenated alkanes) is 1. The molecular weight excluding hydrogens is 619 g/mol. The molecule has 234 valence electrons. The number of halogens is 2. The number of rotatable bonds is 12. The van der Waals surface area contributed by atoms with Crippen LogP contribution in [0.15, 0.2) is 54.2 Å². The molecule has 45 heavy (non-hydrogen) atoms. The number of aryl methyl sites for hydroxylation is 1. The molecule has 5 rings (SSSR count). The number of carbonyl (C=O) groups is 2. The molecule has 2 heterocycles. The number of benzene rings is 3. The normalized spacial score (nSPS) is 12.5. The minimum atomic E-state index is -1.18. The SMILES string of the molecule is CCCCn1ncc(/C=C(\Cc2cc3c(cc2OC)CCO3)C(=O)O)c1-c1ccc(Cl)c(OC)c1-c1c(Cl)cccc1C(=O)O. The fourth-order valence-corrected chi connectivity index (χ4v) is 6.09. The summed E-state index contributed by atoms with van der Waals surface area (Å²) >= 11 is 13.3. The Kier molecular flexibility index (Phi) is 9.70. The van der Waals surface area contributed by atoms with Gasteiger partial charge in [0.05, 0.1) is 43.3 Å². The summed E-state index contributed by atoms with van der Waals surface area (Å²) in [5, 5.41) is 25.5. The Bertz CT molecular complexity index is 1810. The number of fused-ring (bicyclic) bond motifs is 1. The van der Waals surface area contributed by atoms with Gasteiger partial charge in [-0.25, -0.2) is 9.59 Å². The molecule has 2 N–H and O–H groups in total. The number of ether oxygens (including phenoxy) is 3. The van der Waals surface area contributed by atoms with E-state index in [9.17, 15) is 19.8 Å². The minimum Gasteiger partial charge on any atom is -0.496 e. The van der Waals surface area contributed by atoms with Gasteiger partial charge in [0.2, 0.25) is 0 Å². The highest BCUT2D eigenvalue weighted by Crippen LogP contribution is 2.48.